The Morgan fingerprint density at radius 2 is 1.67 bits per heavy atom. The van der Waals surface area contributed by atoms with Crippen molar-refractivity contribution in [3.63, 3.8) is 0 Å². The number of carboxylic acids is 1. The number of carbonyl (C=O) groups is 1. The first kappa shape index (κ1) is 24.4. The van der Waals surface area contributed by atoms with Gasteiger partial charge in [-0.1, -0.05) is 26.0 Å². The zero-order valence-electron chi connectivity index (χ0n) is 19.5. The van der Waals surface area contributed by atoms with Gasteiger partial charge in [0.1, 0.15) is 18.1 Å². The summed E-state index contributed by atoms with van der Waals surface area (Å²) < 4.78 is 39.9. The molecule has 8 heteroatoms. The van der Waals surface area contributed by atoms with E-state index in [2.05, 4.69) is 0 Å². The molecule has 2 aromatic carbocycles. The Bertz CT molecular complexity index is 1240. The molecule has 0 aliphatic rings. The molecular formula is C25H29NO6S. The van der Waals surface area contributed by atoms with Crippen molar-refractivity contribution < 1.29 is 27.5 Å². The molecule has 0 atom stereocenters. The molecule has 33 heavy (non-hydrogen) atoms. The molecular weight excluding hydrogens is 442 g/mol. The van der Waals surface area contributed by atoms with Crippen LogP contribution in [0.15, 0.2) is 58.0 Å². The van der Waals surface area contributed by atoms with E-state index in [4.69, 9.17) is 14.3 Å². The minimum atomic E-state index is -3.96. The van der Waals surface area contributed by atoms with E-state index in [0.717, 1.165) is 16.7 Å². The molecule has 1 N–H and O–H groups in total. The van der Waals surface area contributed by atoms with Crippen LogP contribution in [0.5, 0.6) is 5.75 Å². The molecule has 0 aliphatic carbocycles. The number of carboxylic acid groups (broad SMARTS) is 1. The number of sulfonamides is 1. The van der Waals surface area contributed by atoms with Gasteiger partial charge in [-0.25, -0.2) is 4.79 Å². The van der Waals surface area contributed by atoms with Crippen molar-refractivity contribution in [2.45, 2.75) is 46.3 Å². The smallest absolute Gasteiger partial charge is 0.335 e. The number of hydrogen-bond acceptors (Lipinski definition) is 5. The first-order valence-corrected chi connectivity index (χ1v) is 12.1. The average Bonchev–Trinajstić information content (AvgIpc) is 3.20. The van der Waals surface area contributed by atoms with Crippen LogP contribution in [0.3, 0.4) is 0 Å². The van der Waals surface area contributed by atoms with Gasteiger partial charge in [0.05, 0.1) is 11.3 Å². The average molecular weight is 472 g/mol. The molecule has 3 rings (SSSR count). The third-order valence-corrected chi connectivity index (χ3v) is 6.88. The molecule has 7 nitrogen and oxygen atoms in total. The Morgan fingerprint density at radius 3 is 2.21 bits per heavy atom. The molecule has 0 spiro atoms. The number of anilines is 1. The first-order chi connectivity index (χ1) is 15.5. The molecule has 0 amide bonds. The van der Waals surface area contributed by atoms with Crippen molar-refractivity contribution >= 4 is 21.7 Å². The number of nitrogens with zero attached hydrogens (tertiary/aromatic N) is 1. The molecule has 0 saturated carbocycles. The largest absolute Gasteiger partial charge is 0.487 e. The summed E-state index contributed by atoms with van der Waals surface area (Å²) >= 11 is 0. The Morgan fingerprint density at radius 1 is 1.03 bits per heavy atom. The van der Waals surface area contributed by atoms with Crippen LogP contribution >= 0.6 is 0 Å². The predicted octanol–water partition coefficient (Wildman–Crippen LogP) is 5.33. The topological polar surface area (TPSA) is 97.0 Å². The monoisotopic (exact) mass is 471 g/mol. The molecule has 3 aromatic rings. The highest BCUT2D eigenvalue weighted by Gasteiger charge is 2.31. The van der Waals surface area contributed by atoms with Gasteiger partial charge in [-0.05, 0) is 79.8 Å². The van der Waals surface area contributed by atoms with Crippen LogP contribution in [0.1, 0.15) is 46.7 Å². The van der Waals surface area contributed by atoms with Crippen LogP contribution in [0, 0.1) is 26.7 Å². The van der Waals surface area contributed by atoms with Crippen LogP contribution in [0.4, 0.5) is 5.69 Å². The van der Waals surface area contributed by atoms with E-state index in [1.165, 1.54) is 22.5 Å². The van der Waals surface area contributed by atoms with Crippen molar-refractivity contribution in [3.05, 3.63) is 76.5 Å². The fourth-order valence-corrected chi connectivity index (χ4v) is 4.90. The third kappa shape index (κ3) is 5.57. The highest BCUT2D eigenvalue weighted by atomic mass is 32.2. The van der Waals surface area contributed by atoms with Crippen molar-refractivity contribution in [1.82, 2.24) is 0 Å². The van der Waals surface area contributed by atoms with Crippen LogP contribution in [0.2, 0.25) is 0 Å². The van der Waals surface area contributed by atoms with E-state index in [-0.39, 0.29) is 29.7 Å². The fraction of sp³-hybridized carbons (Fsp3) is 0.320. The van der Waals surface area contributed by atoms with Crippen LogP contribution in [-0.2, 0) is 16.6 Å². The van der Waals surface area contributed by atoms with Gasteiger partial charge in [-0.3, -0.25) is 4.31 Å². The summed E-state index contributed by atoms with van der Waals surface area (Å²) in [4.78, 5) is 11.1. The lowest BCUT2D eigenvalue weighted by Crippen LogP contribution is -2.34. The summed E-state index contributed by atoms with van der Waals surface area (Å²) in [5, 5.41) is 8.96. The number of rotatable bonds is 9. The fourth-order valence-electron chi connectivity index (χ4n) is 3.31. The van der Waals surface area contributed by atoms with E-state index < -0.39 is 16.0 Å². The lowest BCUT2D eigenvalue weighted by molar-refractivity contribution is 0.0697. The van der Waals surface area contributed by atoms with Crippen LogP contribution in [0.25, 0.3) is 0 Å². The van der Waals surface area contributed by atoms with Crippen LogP contribution < -0.4 is 9.04 Å². The van der Waals surface area contributed by atoms with Gasteiger partial charge < -0.3 is 14.3 Å². The maximum Gasteiger partial charge on any atom is 0.335 e. The van der Waals surface area contributed by atoms with Gasteiger partial charge in [0.25, 0.3) is 10.0 Å². The van der Waals surface area contributed by atoms with Gasteiger partial charge in [0.15, 0.2) is 0 Å². The Hall–Kier alpha value is -3.26. The summed E-state index contributed by atoms with van der Waals surface area (Å²) in [6.45, 7) is 9.85. The first-order valence-electron chi connectivity index (χ1n) is 10.6. The predicted molar refractivity (Wildman–Crippen MR) is 126 cm³/mol. The lowest BCUT2D eigenvalue weighted by Gasteiger charge is -2.28. The Labute approximate surface area is 194 Å². The van der Waals surface area contributed by atoms with Crippen molar-refractivity contribution in [2.75, 3.05) is 10.8 Å². The second kappa shape index (κ2) is 9.70. The van der Waals surface area contributed by atoms with Gasteiger partial charge in [-0.15, -0.1) is 0 Å². The highest BCUT2D eigenvalue weighted by molar-refractivity contribution is 7.92. The van der Waals surface area contributed by atoms with Crippen molar-refractivity contribution in [2.24, 2.45) is 5.92 Å². The Balaban J connectivity index is 2.01. The standard InChI is InChI=1S/C25H29NO6S/c1-16(2)14-26(33(29,30)24-11-6-19(5)32-24)22-12-17(3)18(4)13-23(22)31-15-20-7-9-21(10-8-20)25(27)28/h6-13,16H,14-15H2,1-5H3,(H,27,28). The Kier molecular flexibility index (Phi) is 7.17. The molecule has 0 bridgehead atoms. The number of aryl methyl sites for hydroxylation is 3. The van der Waals surface area contributed by atoms with Gasteiger partial charge in [0.2, 0.25) is 5.09 Å². The van der Waals surface area contributed by atoms with Crippen molar-refractivity contribution in [1.29, 1.82) is 0 Å². The quantitative estimate of drug-likeness (QED) is 0.453. The minimum Gasteiger partial charge on any atom is -0.487 e. The molecule has 176 valence electrons. The SMILES string of the molecule is Cc1ccc(S(=O)(=O)N(CC(C)C)c2cc(C)c(C)cc2OCc2ccc(C(=O)O)cc2)o1. The zero-order valence-corrected chi connectivity index (χ0v) is 20.3. The van der Waals surface area contributed by atoms with Gasteiger partial charge >= 0.3 is 5.97 Å². The van der Waals surface area contributed by atoms with Gasteiger partial charge in [-0.2, -0.15) is 8.42 Å². The molecule has 0 radical (unpaired) electrons. The second-order valence-corrected chi connectivity index (χ2v) is 10.3. The van der Waals surface area contributed by atoms with E-state index in [1.54, 1.807) is 25.1 Å². The number of ether oxygens (including phenoxy) is 1. The van der Waals surface area contributed by atoms with E-state index in [9.17, 15) is 13.2 Å². The maximum absolute atomic E-state index is 13.5. The minimum absolute atomic E-state index is 0.0499. The lowest BCUT2D eigenvalue weighted by atomic mass is 10.1. The third-order valence-electron chi connectivity index (χ3n) is 5.23. The maximum atomic E-state index is 13.5. The van der Waals surface area contributed by atoms with Crippen molar-refractivity contribution in [3.8, 4) is 5.75 Å². The molecule has 0 unspecified atom stereocenters. The molecule has 1 heterocycles. The van der Waals surface area contributed by atoms with E-state index in [1.807, 2.05) is 39.8 Å². The van der Waals surface area contributed by atoms with E-state index in [0.29, 0.717) is 17.2 Å². The zero-order chi connectivity index (χ0) is 24.3. The number of furan rings is 1. The molecule has 0 fully saturated rings. The summed E-state index contributed by atoms with van der Waals surface area (Å²) in [6.07, 6.45) is 0. The molecule has 1 aromatic heterocycles. The van der Waals surface area contributed by atoms with Gasteiger partial charge in [0, 0.05) is 6.54 Å². The molecule has 0 saturated heterocycles. The van der Waals surface area contributed by atoms with Crippen LogP contribution in [-0.4, -0.2) is 26.0 Å². The molecule has 0 aliphatic heterocycles. The highest BCUT2D eigenvalue weighted by Crippen LogP contribution is 2.36. The second-order valence-electron chi connectivity index (χ2n) is 8.49. The number of benzene rings is 2. The number of aromatic carboxylic acids is 1. The summed E-state index contributed by atoms with van der Waals surface area (Å²) in [6, 6.07) is 13.1. The van der Waals surface area contributed by atoms with E-state index >= 15 is 0 Å². The summed E-state index contributed by atoms with van der Waals surface area (Å²) in [5.41, 5.74) is 3.29. The summed E-state index contributed by atoms with van der Waals surface area (Å²) in [5.74, 6) is -0.0113. The normalized spacial score (nSPS) is 11.6. The number of hydrogen-bond donors (Lipinski definition) is 1. The summed E-state index contributed by atoms with van der Waals surface area (Å²) in [7, 11) is -3.96.